The van der Waals surface area contributed by atoms with Crippen LogP contribution in [-0.4, -0.2) is 31.2 Å². The van der Waals surface area contributed by atoms with Crippen LogP contribution in [0.4, 0.5) is 0 Å². The molecule has 0 amide bonds. The fraction of sp³-hybridized carbons (Fsp3) is 0.571. The molecule has 1 saturated heterocycles. The van der Waals surface area contributed by atoms with Gasteiger partial charge in [-0.05, 0) is 37.9 Å². The average Bonchev–Trinajstić information content (AvgIpc) is 2.33. The van der Waals surface area contributed by atoms with Crippen molar-refractivity contribution in [1.29, 1.82) is 0 Å². The van der Waals surface area contributed by atoms with Crippen LogP contribution in [0.1, 0.15) is 24.8 Å². The number of benzene rings is 1. The fourth-order valence-electron chi connectivity index (χ4n) is 2.28. The summed E-state index contributed by atoms with van der Waals surface area (Å²) in [6.07, 6.45) is 4.18. The molecule has 1 aliphatic rings. The third kappa shape index (κ3) is 4.09. The molecule has 1 fully saturated rings. The van der Waals surface area contributed by atoms with Gasteiger partial charge in [0.15, 0.2) is 0 Å². The molecule has 0 N–H and O–H groups in total. The maximum Gasteiger partial charge on any atom is 0.0702 e. The maximum absolute atomic E-state index is 5.76. The molecule has 17 heavy (non-hydrogen) atoms. The number of likely N-dealkylation sites (N-methyl/N-ethyl adjacent to an activating group) is 1. The van der Waals surface area contributed by atoms with Gasteiger partial charge in [-0.15, -0.1) is 0 Å². The van der Waals surface area contributed by atoms with E-state index in [9.17, 15) is 0 Å². The van der Waals surface area contributed by atoms with E-state index in [0.717, 1.165) is 19.7 Å². The zero-order valence-corrected chi connectivity index (χ0v) is 11.9. The maximum atomic E-state index is 5.76. The van der Waals surface area contributed by atoms with E-state index in [0.29, 0.717) is 6.10 Å². The van der Waals surface area contributed by atoms with Crippen LogP contribution < -0.4 is 0 Å². The van der Waals surface area contributed by atoms with E-state index in [1.165, 1.54) is 29.3 Å². The topological polar surface area (TPSA) is 12.5 Å². The van der Waals surface area contributed by atoms with E-state index in [1.54, 1.807) is 0 Å². The Morgan fingerprint density at radius 1 is 1.35 bits per heavy atom. The summed E-state index contributed by atoms with van der Waals surface area (Å²) in [5, 5.41) is 0. The first-order valence-corrected chi connectivity index (χ1v) is 7.08. The van der Waals surface area contributed by atoms with Crippen molar-refractivity contribution in [2.24, 2.45) is 0 Å². The molecule has 1 unspecified atom stereocenters. The molecule has 0 aliphatic carbocycles. The Morgan fingerprint density at radius 2 is 2.18 bits per heavy atom. The standard InChI is InChI=1S/C14H20BrNO/c1-16(11-13-7-4-5-9-17-13)10-12-6-2-3-8-14(12)15/h2-3,6,8,13H,4-5,7,9-11H2,1H3. The van der Waals surface area contributed by atoms with Crippen LogP contribution in [-0.2, 0) is 11.3 Å². The van der Waals surface area contributed by atoms with Crippen LogP contribution >= 0.6 is 15.9 Å². The van der Waals surface area contributed by atoms with E-state index >= 15 is 0 Å². The van der Waals surface area contributed by atoms with Gasteiger partial charge in [-0.25, -0.2) is 0 Å². The molecule has 94 valence electrons. The van der Waals surface area contributed by atoms with Crippen molar-refractivity contribution >= 4 is 15.9 Å². The Morgan fingerprint density at radius 3 is 2.88 bits per heavy atom. The Balaban J connectivity index is 1.84. The molecule has 1 aliphatic heterocycles. The third-order valence-corrected chi connectivity index (χ3v) is 3.96. The predicted molar refractivity (Wildman–Crippen MR) is 74.1 cm³/mol. The summed E-state index contributed by atoms with van der Waals surface area (Å²) in [7, 11) is 2.16. The highest BCUT2D eigenvalue weighted by molar-refractivity contribution is 9.10. The van der Waals surface area contributed by atoms with Crippen LogP contribution in [0.2, 0.25) is 0 Å². The van der Waals surface area contributed by atoms with Crippen LogP contribution in [0.5, 0.6) is 0 Å². The summed E-state index contributed by atoms with van der Waals surface area (Å²) in [5.41, 5.74) is 1.34. The van der Waals surface area contributed by atoms with Crippen molar-refractivity contribution < 1.29 is 4.74 Å². The molecule has 1 atom stereocenters. The number of halogens is 1. The number of hydrogen-bond acceptors (Lipinski definition) is 2. The van der Waals surface area contributed by atoms with Crippen molar-refractivity contribution in [2.75, 3.05) is 20.2 Å². The lowest BCUT2D eigenvalue weighted by atomic mass is 10.1. The highest BCUT2D eigenvalue weighted by Gasteiger charge is 2.16. The van der Waals surface area contributed by atoms with Gasteiger partial charge in [-0.3, -0.25) is 4.90 Å². The van der Waals surface area contributed by atoms with E-state index in [1.807, 2.05) is 0 Å². The smallest absolute Gasteiger partial charge is 0.0702 e. The first-order chi connectivity index (χ1) is 8.25. The lowest BCUT2D eigenvalue weighted by molar-refractivity contribution is -0.00261. The number of nitrogens with zero attached hydrogens (tertiary/aromatic N) is 1. The van der Waals surface area contributed by atoms with Gasteiger partial charge >= 0.3 is 0 Å². The molecule has 0 radical (unpaired) electrons. The second-order valence-electron chi connectivity index (χ2n) is 4.78. The summed E-state index contributed by atoms with van der Waals surface area (Å²) >= 11 is 3.59. The molecule has 0 bridgehead atoms. The number of ether oxygens (including phenoxy) is 1. The van der Waals surface area contributed by atoms with E-state index in [2.05, 4.69) is 52.1 Å². The third-order valence-electron chi connectivity index (χ3n) is 3.19. The molecule has 1 heterocycles. The van der Waals surface area contributed by atoms with Gasteiger partial charge < -0.3 is 4.74 Å². The van der Waals surface area contributed by atoms with Crippen LogP contribution in [0.15, 0.2) is 28.7 Å². The van der Waals surface area contributed by atoms with E-state index in [4.69, 9.17) is 4.74 Å². The summed E-state index contributed by atoms with van der Waals surface area (Å²) < 4.78 is 6.95. The van der Waals surface area contributed by atoms with E-state index < -0.39 is 0 Å². The minimum absolute atomic E-state index is 0.427. The zero-order chi connectivity index (χ0) is 12.1. The number of rotatable bonds is 4. The number of hydrogen-bond donors (Lipinski definition) is 0. The quantitative estimate of drug-likeness (QED) is 0.844. The molecule has 0 spiro atoms. The molecular formula is C14H20BrNO. The highest BCUT2D eigenvalue weighted by Crippen LogP contribution is 2.19. The van der Waals surface area contributed by atoms with Gasteiger partial charge in [0.2, 0.25) is 0 Å². The van der Waals surface area contributed by atoms with Gasteiger partial charge in [0.05, 0.1) is 6.10 Å². The molecule has 0 saturated carbocycles. The van der Waals surface area contributed by atoms with Gasteiger partial charge in [-0.1, -0.05) is 34.1 Å². The van der Waals surface area contributed by atoms with Crippen molar-refractivity contribution in [3.8, 4) is 0 Å². The first kappa shape index (κ1) is 13.1. The molecule has 2 nitrogen and oxygen atoms in total. The van der Waals surface area contributed by atoms with Gasteiger partial charge in [-0.2, -0.15) is 0 Å². The van der Waals surface area contributed by atoms with Crippen LogP contribution in [0.25, 0.3) is 0 Å². The largest absolute Gasteiger partial charge is 0.377 e. The molecular weight excluding hydrogens is 278 g/mol. The summed E-state index contributed by atoms with van der Waals surface area (Å²) in [6, 6.07) is 8.41. The molecule has 1 aromatic rings. The normalized spacial score (nSPS) is 20.8. The predicted octanol–water partition coefficient (Wildman–Crippen LogP) is 3.45. The molecule has 0 aromatic heterocycles. The van der Waals surface area contributed by atoms with Crippen LogP contribution in [0.3, 0.4) is 0 Å². The monoisotopic (exact) mass is 297 g/mol. The molecule has 2 rings (SSSR count). The Hall–Kier alpha value is -0.380. The van der Waals surface area contributed by atoms with Crippen molar-refractivity contribution in [3.63, 3.8) is 0 Å². The van der Waals surface area contributed by atoms with E-state index in [-0.39, 0.29) is 0 Å². The summed E-state index contributed by atoms with van der Waals surface area (Å²) in [4.78, 5) is 2.34. The van der Waals surface area contributed by atoms with Crippen molar-refractivity contribution in [1.82, 2.24) is 4.90 Å². The molecule has 3 heteroatoms. The average molecular weight is 298 g/mol. The van der Waals surface area contributed by atoms with Crippen LogP contribution in [0, 0.1) is 0 Å². The Bertz CT molecular complexity index is 350. The van der Waals surface area contributed by atoms with Crippen molar-refractivity contribution in [3.05, 3.63) is 34.3 Å². The van der Waals surface area contributed by atoms with Gasteiger partial charge in [0.1, 0.15) is 0 Å². The SMILES string of the molecule is CN(Cc1ccccc1Br)CC1CCCCO1. The fourth-order valence-corrected chi connectivity index (χ4v) is 2.69. The highest BCUT2D eigenvalue weighted by atomic mass is 79.9. The summed E-state index contributed by atoms with van der Waals surface area (Å²) in [6.45, 7) is 2.94. The lowest BCUT2D eigenvalue weighted by Crippen LogP contribution is -2.33. The van der Waals surface area contributed by atoms with Gasteiger partial charge in [0, 0.05) is 24.2 Å². The Labute approximate surface area is 112 Å². The second-order valence-corrected chi connectivity index (χ2v) is 5.63. The minimum Gasteiger partial charge on any atom is -0.377 e. The minimum atomic E-state index is 0.427. The summed E-state index contributed by atoms with van der Waals surface area (Å²) in [5.74, 6) is 0. The molecule has 1 aromatic carbocycles. The Kier molecular flexibility index (Phi) is 5.01. The van der Waals surface area contributed by atoms with Crippen molar-refractivity contribution in [2.45, 2.75) is 31.9 Å². The van der Waals surface area contributed by atoms with Gasteiger partial charge in [0.25, 0.3) is 0 Å². The lowest BCUT2D eigenvalue weighted by Gasteiger charge is -2.27. The second kappa shape index (κ2) is 6.53. The zero-order valence-electron chi connectivity index (χ0n) is 10.4. The first-order valence-electron chi connectivity index (χ1n) is 6.29.